The summed E-state index contributed by atoms with van der Waals surface area (Å²) in [6, 6.07) is 36.5. The van der Waals surface area contributed by atoms with Crippen molar-refractivity contribution in [1.29, 1.82) is 0 Å². The van der Waals surface area contributed by atoms with Crippen LogP contribution in [0, 0.1) is 13.8 Å². The molecule has 0 N–H and O–H groups in total. The molecule has 0 unspecified atom stereocenters. The highest BCUT2D eigenvalue weighted by atomic mass is 15.1. The van der Waals surface area contributed by atoms with Crippen molar-refractivity contribution < 1.29 is 0 Å². The molecule has 0 atom stereocenters. The average Bonchev–Trinajstić information content (AvgIpc) is 2.70. The molecule has 132 valence electrons. The van der Waals surface area contributed by atoms with Crippen molar-refractivity contribution in [3.05, 3.63) is 114 Å². The summed E-state index contributed by atoms with van der Waals surface area (Å²) in [5.74, 6) is 0. The van der Waals surface area contributed by atoms with Gasteiger partial charge in [-0.15, -0.1) is 0 Å². The molecule has 4 aromatic carbocycles. The minimum absolute atomic E-state index is 1.16. The molecule has 0 fully saturated rings. The first kappa shape index (κ1) is 17.1. The third-order valence-corrected chi connectivity index (χ3v) is 4.71. The van der Waals surface area contributed by atoms with Crippen molar-refractivity contribution in [2.75, 3.05) is 4.90 Å². The zero-order chi connectivity index (χ0) is 18.6. The minimum Gasteiger partial charge on any atom is -0.310 e. The van der Waals surface area contributed by atoms with Gasteiger partial charge in [0, 0.05) is 17.1 Å². The zero-order valence-corrected chi connectivity index (χ0v) is 15.8. The van der Waals surface area contributed by atoms with Crippen LogP contribution in [0.4, 0.5) is 17.1 Å². The van der Waals surface area contributed by atoms with E-state index in [4.69, 9.17) is 0 Å². The molecule has 0 saturated heterocycles. The fraction of sp³-hybridized carbons (Fsp3) is 0.0769. The third kappa shape index (κ3) is 3.78. The Balaban J connectivity index is 1.79. The molecule has 0 bridgehead atoms. The third-order valence-electron chi connectivity index (χ3n) is 4.71. The lowest BCUT2D eigenvalue weighted by molar-refractivity contribution is 1.25. The number of aryl methyl sites for hydroxylation is 2. The largest absolute Gasteiger partial charge is 0.310 e. The number of hydrogen-bond donors (Lipinski definition) is 0. The molecule has 0 amide bonds. The first-order chi connectivity index (χ1) is 13.2. The molecule has 27 heavy (non-hydrogen) atoms. The minimum atomic E-state index is 1.16. The van der Waals surface area contributed by atoms with E-state index in [0.29, 0.717) is 0 Å². The predicted octanol–water partition coefficient (Wildman–Crippen LogP) is 7.44. The lowest BCUT2D eigenvalue weighted by Gasteiger charge is -2.26. The van der Waals surface area contributed by atoms with Gasteiger partial charge in [0.1, 0.15) is 0 Å². The molecule has 0 aliphatic carbocycles. The molecule has 0 aromatic heterocycles. The van der Waals surface area contributed by atoms with Crippen molar-refractivity contribution in [3.8, 4) is 11.1 Å². The van der Waals surface area contributed by atoms with Gasteiger partial charge in [0.2, 0.25) is 0 Å². The van der Waals surface area contributed by atoms with Gasteiger partial charge in [-0.2, -0.15) is 0 Å². The maximum absolute atomic E-state index is 2.31. The summed E-state index contributed by atoms with van der Waals surface area (Å²) >= 11 is 0. The van der Waals surface area contributed by atoms with E-state index in [-0.39, 0.29) is 0 Å². The van der Waals surface area contributed by atoms with Crippen LogP contribution < -0.4 is 4.90 Å². The maximum Gasteiger partial charge on any atom is 0.0466 e. The van der Waals surface area contributed by atoms with Gasteiger partial charge in [-0.1, -0.05) is 66.7 Å². The lowest BCUT2D eigenvalue weighted by Crippen LogP contribution is -2.10. The number of hydrogen-bond acceptors (Lipinski definition) is 1. The van der Waals surface area contributed by atoms with Gasteiger partial charge in [-0.3, -0.25) is 0 Å². The monoisotopic (exact) mass is 349 g/mol. The summed E-state index contributed by atoms with van der Waals surface area (Å²) in [5.41, 5.74) is 8.51. The second-order valence-corrected chi connectivity index (χ2v) is 6.93. The summed E-state index contributed by atoms with van der Waals surface area (Å²) in [6.07, 6.45) is 0. The summed E-state index contributed by atoms with van der Waals surface area (Å²) in [7, 11) is 0. The Morgan fingerprint density at radius 2 is 0.926 bits per heavy atom. The van der Waals surface area contributed by atoms with E-state index in [1.165, 1.54) is 27.9 Å². The standard InChI is InChI=1S/C26H23N/c1-20-17-21(2)19-26(18-20)27(24-11-7-4-8-12-24)25-15-13-23(14-16-25)22-9-5-3-6-10-22/h3-19H,1-2H3. The number of nitrogens with zero attached hydrogens (tertiary/aromatic N) is 1. The van der Waals surface area contributed by atoms with Crippen LogP contribution in [0.2, 0.25) is 0 Å². The van der Waals surface area contributed by atoms with Gasteiger partial charge >= 0.3 is 0 Å². The second kappa shape index (κ2) is 7.51. The van der Waals surface area contributed by atoms with Crippen LogP contribution in [0.15, 0.2) is 103 Å². The van der Waals surface area contributed by atoms with Crippen LogP contribution in [0.5, 0.6) is 0 Å². The Morgan fingerprint density at radius 1 is 0.444 bits per heavy atom. The molecule has 1 nitrogen and oxygen atoms in total. The molecule has 0 aliphatic heterocycles. The highest BCUT2D eigenvalue weighted by Crippen LogP contribution is 2.36. The summed E-state index contributed by atoms with van der Waals surface area (Å²) in [4.78, 5) is 2.31. The van der Waals surface area contributed by atoms with Crippen molar-refractivity contribution in [3.63, 3.8) is 0 Å². The smallest absolute Gasteiger partial charge is 0.0466 e. The Hall–Kier alpha value is -3.32. The van der Waals surface area contributed by atoms with Gasteiger partial charge in [-0.05, 0) is 72.5 Å². The fourth-order valence-corrected chi connectivity index (χ4v) is 3.54. The van der Waals surface area contributed by atoms with E-state index >= 15 is 0 Å². The van der Waals surface area contributed by atoms with Crippen LogP contribution in [-0.4, -0.2) is 0 Å². The number of para-hydroxylation sites is 1. The van der Waals surface area contributed by atoms with Crippen LogP contribution >= 0.6 is 0 Å². The van der Waals surface area contributed by atoms with Gasteiger partial charge in [-0.25, -0.2) is 0 Å². The molecule has 0 spiro atoms. The summed E-state index contributed by atoms with van der Waals surface area (Å²) in [5, 5.41) is 0. The first-order valence-electron chi connectivity index (χ1n) is 9.30. The van der Waals surface area contributed by atoms with E-state index in [0.717, 1.165) is 11.4 Å². The number of benzene rings is 4. The van der Waals surface area contributed by atoms with Gasteiger partial charge in [0.25, 0.3) is 0 Å². The molecular formula is C26H23N. The maximum atomic E-state index is 2.31. The fourth-order valence-electron chi connectivity index (χ4n) is 3.54. The number of rotatable bonds is 4. The first-order valence-corrected chi connectivity index (χ1v) is 9.30. The average molecular weight is 349 g/mol. The van der Waals surface area contributed by atoms with E-state index in [1.54, 1.807) is 0 Å². The topological polar surface area (TPSA) is 3.24 Å². The van der Waals surface area contributed by atoms with Crippen LogP contribution in [0.1, 0.15) is 11.1 Å². The Labute approximate surface area is 161 Å². The SMILES string of the molecule is Cc1cc(C)cc(N(c2ccccc2)c2ccc(-c3ccccc3)cc2)c1. The van der Waals surface area contributed by atoms with Crippen LogP contribution in [0.3, 0.4) is 0 Å². The molecule has 4 rings (SSSR count). The van der Waals surface area contributed by atoms with E-state index < -0.39 is 0 Å². The molecule has 1 heteroatoms. The molecule has 0 saturated carbocycles. The molecule has 0 radical (unpaired) electrons. The van der Waals surface area contributed by atoms with E-state index in [2.05, 4.69) is 122 Å². The summed E-state index contributed by atoms with van der Waals surface area (Å²) < 4.78 is 0. The zero-order valence-electron chi connectivity index (χ0n) is 15.8. The summed E-state index contributed by atoms with van der Waals surface area (Å²) in [6.45, 7) is 4.30. The van der Waals surface area contributed by atoms with Gasteiger partial charge < -0.3 is 4.90 Å². The molecule has 4 aromatic rings. The van der Waals surface area contributed by atoms with Crippen molar-refractivity contribution in [1.82, 2.24) is 0 Å². The van der Waals surface area contributed by atoms with E-state index in [1.807, 2.05) is 0 Å². The normalized spacial score (nSPS) is 10.6. The van der Waals surface area contributed by atoms with Gasteiger partial charge in [0.15, 0.2) is 0 Å². The molecular weight excluding hydrogens is 326 g/mol. The highest BCUT2D eigenvalue weighted by Gasteiger charge is 2.13. The van der Waals surface area contributed by atoms with Crippen LogP contribution in [0.25, 0.3) is 11.1 Å². The Morgan fingerprint density at radius 3 is 1.52 bits per heavy atom. The van der Waals surface area contributed by atoms with Crippen molar-refractivity contribution in [2.45, 2.75) is 13.8 Å². The Kier molecular flexibility index (Phi) is 4.76. The van der Waals surface area contributed by atoms with Crippen molar-refractivity contribution >= 4 is 17.1 Å². The quantitative estimate of drug-likeness (QED) is 0.370. The Bertz CT molecular complexity index is 999. The molecule has 0 aliphatic rings. The van der Waals surface area contributed by atoms with Crippen LogP contribution in [-0.2, 0) is 0 Å². The number of anilines is 3. The molecule has 0 heterocycles. The second-order valence-electron chi connectivity index (χ2n) is 6.93. The highest BCUT2D eigenvalue weighted by molar-refractivity contribution is 5.78. The van der Waals surface area contributed by atoms with E-state index in [9.17, 15) is 0 Å². The van der Waals surface area contributed by atoms with Gasteiger partial charge in [0.05, 0.1) is 0 Å². The predicted molar refractivity (Wildman–Crippen MR) is 116 cm³/mol. The van der Waals surface area contributed by atoms with Crippen molar-refractivity contribution in [2.24, 2.45) is 0 Å². The lowest BCUT2D eigenvalue weighted by atomic mass is 10.0.